The number of nitriles is 1. The average molecular weight is 225 g/mol. The van der Waals surface area contributed by atoms with Crippen molar-refractivity contribution < 1.29 is 0 Å². The van der Waals surface area contributed by atoms with E-state index in [0.29, 0.717) is 0 Å². The topological polar surface area (TPSA) is 42.8 Å². The van der Waals surface area contributed by atoms with Crippen LogP contribution in [0.2, 0.25) is 0 Å². The Hall–Kier alpha value is -1.95. The fraction of sp³-hybridized carbons (Fsp3) is 0.357. The normalized spacial score (nSPS) is 16.1. The molecule has 17 heavy (non-hydrogen) atoms. The molecule has 1 aromatic heterocycles. The maximum Gasteiger partial charge on any atom is 0.101 e. The molecule has 0 spiro atoms. The van der Waals surface area contributed by atoms with Gasteiger partial charge in [-0.25, -0.2) is 0 Å². The van der Waals surface area contributed by atoms with Crippen LogP contribution in [-0.4, -0.2) is 18.1 Å². The van der Waals surface area contributed by atoms with Crippen molar-refractivity contribution in [2.24, 2.45) is 0 Å². The molecule has 1 saturated heterocycles. The van der Waals surface area contributed by atoms with E-state index in [0.717, 1.165) is 24.2 Å². The molecule has 1 aliphatic heterocycles. The summed E-state index contributed by atoms with van der Waals surface area (Å²) >= 11 is 0. The Labute approximate surface area is 101 Å². The van der Waals surface area contributed by atoms with Crippen molar-refractivity contribution in [2.75, 3.05) is 18.0 Å². The molecule has 1 aliphatic rings. The van der Waals surface area contributed by atoms with Crippen molar-refractivity contribution in [1.29, 1.82) is 5.26 Å². The molecule has 1 N–H and O–H groups in total. The SMILES string of the molecule is N#Cc1ccc(N2CCCCC2)c2cc[nH]c12. The average Bonchev–Trinajstić information content (AvgIpc) is 2.88. The van der Waals surface area contributed by atoms with Crippen LogP contribution in [0.5, 0.6) is 0 Å². The summed E-state index contributed by atoms with van der Waals surface area (Å²) in [6.45, 7) is 2.26. The lowest BCUT2D eigenvalue weighted by Gasteiger charge is -2.29. The fourth-order valence-corrected chi connectivity index (χ4v) is 2.64. The standard InChI is InChI=1S/C14H15N3/c15-10-11-4-5-13(12-6-7-16-14(11)12)17-8-2-1-3-9-17/h4-7,16H,1-3,8-9H2. The number of aromatic amines is 1. The number of H-pyrrole nitrogens is 1. The van der Waals surface area contributed by atoms with E-state index in [1.54, 1.807) is 0 Å². The Bertz CT molecular complexity index is 571. The summed E-state index contributed by atoms with van der Waals surface area (Å²) in [7, 11) is 0. The molecule has 1 aromatic carbocycles. The van der Waals surface area contributed by atoms with Crippen molar-refractivity contribution in [3.63, 3.8) is 0 Å². The van der Waals surface area contributed by atoms with E-state index in [2.05, 4.69) is 28.1 Å². The van der Waals surface area contributed by atoms with E-state index in [4.69, 9.17) is 5.26 Å². The number of aromatic nitrogens is 1. The van der Waals surface area contributed by atoms with Gasteiger partial charge in [-0.1, -0.05) is 0 Å². The van der Waals surface area contributed by atoms with Crippen molar-refractivity contribution in [3.05, 3.63) is 30.0 Å². The van der Waals surface area contributed by atoms with E-state index < -0.39 is 0 Å². The van der Waals surface area contributed by atoms with Gasteiger partial charge in [0.25, 0.3) is 0 Å². The van der Waals surface area contributed by atoms with Crippen LogP contribution in [0.15, 0.2) is 24.4 Å². The van der Waals surface area contributed by atoms with Crippen LogP contribution in [0.25, 0.3) is 10.9 Å². The maximum absolute atomic E-state index is 9.07. The molecule has 0 bridgehead atoms. The number of rotatable bonds is 1. The molecular weight excluding hydrogens is 210 g/mol. The van der Waals surface area contributed by atoms with Gasteiger partial charge in [0, 0.05) is 30.4 Å². The van der Waals surface area contributed by atoms with Gasteiger partial charge >= 0.3 is 0 Å². The lowest BCUT2D eigenvalue weighted by atomic mass is 10.1. The van der Waals surface area contributed by atoms with E-state index in [1.165, 1.54) is 30.3 Å². The second-order valence-corrected chi connectivity index (χ2v) is 4.56. The number of nitrogens with zero attached hydrogens (tertiary/aromatic N) is 2. The van der Waals surface area contributed by atoms with E-state index >= 15 is 0 Å². The van der Waals surface area contributed by atoms with Gasteiger partial charge in [0.15, 0.2) is 0 Å². The molecule has 0 saturated carbocycles. The molecule has 0 amide bonds. The molecular formula is C14H15N3. The highest BCUT2D eigenvalue weighted by atomic mass is 15.1. The predicted octanol–water partition coefficient (Wildman–Crippen LogP) is 3.03. The molecule has 3 rings (SSSR count). The zero-order valence-electron chi connectivity index (χ0n) is 9.74. The Morgan fingerprint density at radius 2 is 1.94 bits per heavy atom. The summed E-state index contributed by atoms with van der Waals surface area (Å²) in [5, 5.41) is 10.2. The lowest BCUT2D eigenvalue weighted by Crippen LogP contribution is -2.29. The van der Waals surface area contributed by atoms with Gasteiger partial charge in [-0.3, -0.25) is 0 Å². The highest BCUT2D eigenvalue weighted by Crippen LogP contribution is 2.30. The number of hydrogen-bond acceptors (Lipinski definition) is 2. The summed E-state index contributed by atoms with van der Waals surface area (Å²) in [6, 6.07) is 8.31. The third kappa shape index (κ3) is 1.66. The van der Waals surface area contributed by atoms with Crippen molar-refractivity contribution >= 4 is 16.6 Å². The summed E-state index contributed by atoms with van der Waals surface area (Å²) < 4.78 is 0. The lowest BCUT2D eigenvalue weighted by molar-refractivity contribution is 0.579. The molecule has 0 radical (unpaired) electrons. The summed E-state index contributed by atoms with van der Waals surface area (Å²) in [6.07, 6.45) is 5.79. The number of hydrogen-bond donors (Lipinski definition) is 1. The Morgan fingerprint density at radius 3 is 2.71 bits per heavy atom. The number of benzene rings is 1. The van der Waals surface area contributed by atoms with Crippen LogP contribution in [0.1, 0.15) is 24.8 Å². The Kier molecular flexibility index (Phi) is 2.49. The smallest absolute Gasteiger partial charge is 0.101 e. The third-order valence-corrected chi connectivity index (χ3v) is 3.52. The molecule has 0 aliphatic carbocycles. The summed E-state index contributed by atoms with van der Waals surface area (Å²) in [4.78, 5) is 5.60. The molecule has 3 nitrogen and oxygen atoms in total. The van der Waals surface area contributed by atoms with E-state index in [1.807, 2.05) is 12.3 Å². The van der Waals surface area contributed by atoms with Gasteiger partial charge in [0.05, 0.1) is 11.1 Å². The van der Waals surface area contributed by atoms with Gasteiger partial charge < -0.3 is 9.88 Å². The van der Waals surface area contributed by atoms with Crippen LogP contribution >= 0.6 is 0 Å². The summed E-state index contributed by atoms with van der Waals surface area (Å²) in [5.74, 6) is 0. The minimum Gasteiger partial charge on any atom is -0.371 e. The largest absolute Gasteiger partial charge is 0.371 e. The summed E-state index contributed by atoms with van der Waals surface area (Å²) in [5.41, 5.74) is 2.96. The monoisotopic (exact) mass is 225 g/mol. The number of fused-ring (bicyclic) bond motifs is 1. The zero-order valence-corrected chi connectivity index (χ0v) is 9.74. The third-order valence-electron chi connectivity index (χ3n) is 3.52. The van der Waals surface area contributed by atoms with Crippen LogP contribution in [0, 0.1) is 11.3 Å². The first-order chi connectivity index (χ1) is 8.40. The molecule has 2 heterocycles. The van der Waals surface area contributed by atoms with Crippen LogP contribution in [0.4, 0.5) is 5.69 Å². The van der Waals surface area contributed by atoms with Crippen molar-refractivity contribution in [2.45, 2.75) is 19.3 Å². The van der Waals surface area contributed by atoms with Gasteiger partial charge in [-0.15, -0.1) is 0 Å². The van der Waals surface area contributed by atoms with Crippen LogP contribution in [0.3, 0.4) is 0 Å². The molecule has 2 aromatic rings. The van der Waals surface area contributed by atoms with Gasteiger partial charge in [0.1, 0.15) is 6.07 Å². The van der Waals surface area contributed by atoms with Gasteiger partial charge in [0.2, 0.25) is 0 Å². The van der Waals surface area contributed by atoms with Gasteiger partial charge in [-0.05, 0) is 37.5 Å². The highest BCUT2D eigenvalue weighted by molar-refractivity contribution is 5.95. The number of anilines is 1. The van der Waals surface area contributed by atoms with E-state index in [-0.39, 0.29) is 0 Å². The highest BCUT2D eigenvalue weighted by Gasteiger charge is 2.15. The second-order valence-electron chi connectivity index (χ2n) is 4.56. The second kappa shape index (κ2) is 4.14. The first-order valence-electron chi connectivity index (χ1n) is 6.15. The number of nitrogens with one attached hydrogen (secondary N) is 1. The Morgan fingerprint density at radius 1 is 1.12 bits per heavy atom. The quantitative estimate of drug-likeness (QED) is 0.810. The molecule has 86 valence electrons. The first-order valence-corrected chi connectivity index (χ1v) is 6.15. The van der Waals surface area contributed by atoms with Crippen molar-refractivity contribution in [3.8, 4) is 6.07 Å². The molecule has 1 fully saturated rings. The first kappa shape index (κ1) is 10.2. The van der Waals surface area contributed by atoms with Gasteiger partial charge in [-0.2, -0.15) is 5.26 Å². The van der Waals surface area contributed by atoms with Crippen molar-refractivity contribution in [1.82, 2.24) is 4.98 Å². The molecule has 0 unspecified atom stereocenters. The maximum atomic E-state index is 9.07. The van der Waals surface area contributed by atoms with Crippen LogP contribution < -0.4 is 4.90 Å². The minimum atomic E-state index is 0.728. The molecule has 0 atom stereocenters. The predicted molar refractivity (Wildman–Crippen MR) is 69.1 cm³/mol. The molecule has 3 heteroatoms. The van der Waals surface area contributed by atoms with Crippen LogP contribution in [-0.2, 0) is 0 Å². The Balaban J connectivity index is 2.11. The fourth-order valence-electron chi connectivity index (χ4n) is 2.64. The number of piperidine rings is 1. The zero-order chi connectivity index (χ0) is 11.7. The minimum absolute atomic E-state index is 0.728. The van der Waals surface area contributed by atoms with E-state index in [9.17, 15) is 0 Å².